The zero-order chi connectivity index (χ0) is 17.1. The van der Waals surface area contributed by atoms with Gasteiger partial charge in [-0.05, 0) is 53.3 Å². The summed E-state index contributed by atoms with van der Waals surface area (Å²) >= 11 is 10.6. The summed E-state index contributed by atoms with van der Waals surface area (Å²) in [6.07, 6.45) is 1.76. The predicted octanol–water partition coefficient (Wildman–Crippen LogP) is 3.44. The normalized spacial score (nSPS) is 20.1. The SMILES string of the molecule is CCOC(=O)CN1C(=S)N[C@H](c2ccccn2)[C@H]1c1cc(Br)cs1. The van der Waals surface area contributed by atoms with E-state index < -0.39 is 0 Å². The summed E-state index contributed by atoms with van der Waals surface area (Å²) in [5.41, 5.74) is 0.890. The highest BCUT2D eigenvalue weighted by Crippen LogP contribution is 2.41. The quantitative estimate of drug-likeness (QED) is 0.584. The fraction of sp³-hybridized carbons (Fsp3) is 0.312. The number of esters is 1. The van der Waals surface area contributed by atoms with E-state index in [1.165, 1.54) is 0 Å². The van der Waals surface area contributed by atoms with E-state index in [0.29, 0.717) is 11.7 Å². The molecule has 1 N–H and O–H groups in total. The number of nitrogens with one attached hydrogen (secondary N) is 1. The summed E-state index contributed by atoms with van der Waals surface area (Å²) in [6, 6.07) is 7.63. The third-order valence-corrected chi connectivity index (χ3v) is 5.80. The van der Waals surface area contributed by atoms with Gasteiger partial charge in [-0.25, -0.2) is 0 Å². The van der Waals surface area contributed by atoms with Crippen LogP contribution in [0, 0.1) is 0 Å². The Morgan fingerprint density at radius 1 is 1.54 bits per heavy atom. The molecule has 0 spiro atoms. The summed E-state index contributed by atoms with van der Waals surface area (Å²) < 4.78 is 6.10. The van der Waals surface area contributed by atoms with Gasteiger partial charge >= 0.3 is 5.97 Å². The lowest BCUT2D eigenvalue weighted by molar-refractivity contribution is -0.143. The number of aromatic nitrogens is 1. The molecule has 0 bridgehead atoms. The number of nitrogens with zero attached hydrogens (tertiary/aromatic N) is 2. The molecular weight excluding hydrogens is 410 g/mol. The van der Waals surface area contributed by atoms with Gasteiger partial charge in [0.2, 0.25) is 0 Å². The van der Waals surface area contributed by atoms with Crippen molar-refractivity contribution in [3.8, 4) is 0 Å². The first-order chi connectivity index (χ1) is 11.6. The van der Waals surface area contributed by atoms with Crippen molar-refractivity contribution < 1.29 is 9.53 Å². The molecule has 2 aromatic heterocycles. The molecule has 0 aliphatic carbocycles. The smallest absolute Gasteiger partial charge is 0.325 e. The number of halogens is 1. The molecule has 126 valence electrons. The number of hydrogen-bond donors (Lipinski definition) is 1. The topological polar surface area (TPSA) is 54.5 Å². The molecule has 0 unspecified atom stereocenters. The van der Waals surface area contributed by atoms with Crippen LogP contribution >= 0.6 is 39.5 Å². The Balaban J connectivity index is 1.95. The van der Waals surface area contributed by atoms with Crippen LogP contribution in [0.25, 0.3) is 0 Å². The molecule has 1 aliphatic heterocycles. The maximum absolute atomic E-state index is 12.0. The summed E-state index contributed by atoms with van der Waals surface area (Å²) in [7, 11) is 0. The van der Waals surface area contributed by atoms with E-state index in [-0.39, 0.29) is 24.6 Å². The van der Waals surface area contributed by atoms with E-state index >= 15 is 0 Å². The maximum Gasteiger partial charge on any atom is 0.325 e. The zero-order valence-corrected chi connectivity index (χ0v) is 16.2. The zero-order valence-electron chi connectivity index (χ0n) is 12.9. The van der Waals surface area contributed by atoms with Crippen LogP contribution in [-0.4, -0.2) is 34.1 Å². The van der Waals surface area contributed by atoms with Gasteiger partial charge in [-0.2, -0.15) is 0 Å². The summed E-state index contributed by atoms with van der Waals surface area (Å²) in [5.74, 6) is -0.288. The number of thiocarbonyl (C=S) groups is 1. The highest BCUT2D eigenvalue weighted by atomic mass is 79.9. The Kier molecular flexibility index (Phi) is 5.47. The Morgan fingerprint density at radius 2 is 2.38 bits per heavy atom. The van der Waals surface area contributed by atoms with Gasteiger partial charge < -0.3 is 15.0 Å². The molecule has 2 aromatic rings. The Hall–Kier alpha value is -1.51. The lowest BCUT2D eigenvalue weighted by atomic mass is 10.0. The molecule has 5 nitrogen and oxygen atoms in total. The van der Waals surface area contributed by atoms with Crippen LogP contribution in [0.1, 0.15) is 29.6 Å². The molecule has 8 heteroatoms. The van der Waals surface area contributed by atoms with Crippen molar-refractivity contribution in [2.45, 2.75) is 19.0 Å². The van der Waals surface area contributed by atoms with Crippen molar-refractivity contribution in [3.63, 3.8) is 0 Å². The van der Waals surface area contributed by atoms with Gasteiger partial charge in [0.1, 0.15) is 6.54 Å². The van der Waals surface area contributed by atoms with Crippen molar-refractivity contribution in [3.05, 3.63) is 50.9 Å². The third-order valence-electron chi connectivity index (χ3n) is 3.68. The van der Waals surface area contributed by atoms with Gasteiger partial charge in [0.25, 0.3) is 0 Å². The van der Waals surface area contributed by atoms with Crippen molar-refractivity contribution in [1.29, 1.82) is 0 Å². The minimum Gasteiger partial charge on any atom is -0.465 e. The first-order valence-electron chi connectivity index (χ1n) is 7.47. The third kappa shape index (κ3) is 3.60. The number of pyridine rings is 1. The molecular formula is C16H16BrN3O2S2. The molecule has 0 radical (unpaired) electrons. The molecule has 3 rings (SSSR count). The van der Waals surface area contributed by atoms with E-state index in [1.807, 2.05) is 28.5 Å². The minimum absolute atomic E-state index is 0.104. The Labute approximate surface area is 158 Å². The van der Waals surface area contributed by atoms with Crippen molar-refractivity contribution in [2.75, 3.05) is 13.2 Å². The van der Waals surface area contributed by atoms with E-state index in [9.17, 15) is 4.79 Å². The molecule has 0 amide bonds. The number of ether oxygens (including phenoxy) is 1. The standard InChI is InChI=1S/C16H16BrN3O2S2/c1-2-22-13(21)8-20-15(12-7-10(17)9-24-12)14(19-16(20)23)11-5-3-4-6-18-11/h3-7,9,14-15H,2,8H2,1H3,(H,19,23)/t14-,15-/m1/s1. The van der Waals surface area contributed by atoms with E-state index in [1.54, 1.807) is 24.5 Å². The largest absolute Gasteiger partial charge is 0.465 e. The van der Waals surface area contributed by atoms with Crippen LogP contribution in [0.15, 0.2) is 40.3 Å². The number of thiophene rings is 1. The van der Waals surface area contributed by atoms with E-state index in [0.717, 1.165) is 15.0 Å². The molecule has 3 heterocycles. The molecule has 1 fully saturated rings. The van der Waals surface area contributed by atoms with Crippen LogP contribution in [-0.2, 0) is 9.53 Å². The van der Waals surface area contributed by atoms with Gasteiger partial charge in [0.05, 0.1) is 24.4 Å². The Bertz CT molecular complexity index is 738. The molecule has 1 saturated heterocycles. The number of carbonyl (C=O) groups is 1. The van der Waals surface area contributed by atoms with Crippen LogP contribution in [0.4, 0.5) is 0 Å². The summed E-state index contributed by atoms with van der Waals surface area (Å²) in [5, 5.41) is 5.86. The van der Waals surface area contributed by atoms with Gasteiger partial charge in [-0.15, -0.1) is 11.3 Å². The fourth-order valence-corrected chi connectivity index (χ4v) is 4.61. The van der Waals surface area contributed by atoms with Crippen molar-refractivity contribution in [1.82, 2.24) is 15.2 Å². The highest BCUT2D eigenvalue weighted by Gasteiger charge is 2.41. The maximum atomic E-state index is 12.0. The molecule has 1 aliphatic rings. The van der Waals surface area contributed by atoms with Gasteiger partial charge in [0, 0.05) is 20.9 Å². The van der Waals surface area contributed by atoms with Crippen LogP contribution in [0.2, 0.25) is 0 Å². The first-order valence-corrected chi connectivity index (χ1v) is 9.56. The first kappa shape index (κ1) is 17.3. The lowest BCUT2D eigenvalue weighted by Gasteiger charge is -2.25. The summed E-state index contributed by atoms with van der Waals surface area (Å²) in [4.78, 5) is 19.4. The predicted molar refractivity (Wildman–Crippen MR) is 101 cm³/mol. The molecule has 24 heavy (non-hydrogen) atoms. The summed E-state index contributed by atoms with van der Waals surface area (Å²) in [6.45, 7) is 2.26. The monoisotopic (exact) mass is 425 g/mol. The Morgan fingerprint density at radius 3 is 3.00 bits per heavy atom. The van der Waals surface area contributed by atoms with E-state index in [4.69, 9.17) is 17.0 Å². The van der Waals surface area contributed by atoms with Gasteiger partial charge in [0.15, 0.2) is 5.11 Å². The van der Waals surface area contributed by atoms with Crippen LogP contribution in [0.3, 0.4) is 0 Å². The number of rotatable bonds is 5. The van der Waals surface area contributed by atoms with Crippen LogP contribution < -0.4 is 5.32 Å². The number of hydrogen-bond acceptors (Lipinski definition) is 5. The van der Waals surface area contributed by atoms with Gasteiger partial charge in [-0.1, -0.05) is 6.07 Å². The van der Waals surface area contributed by atoms with Crippen molar-refractivity contribution >= 4 is 50.6 Å². The van der Waals surface area contributed by atoms with Gasteiger partial charge in [-0.3, -0.25) is 9.78 Å². The van der Waals surface area contributed by atoms with E-state index in [2.05, 4.69) is 32.3 Å². The molecule has 2 atom stereocenters. The second-order valence-electron chi connectivity index (χ2n) is 5.23. The second-order valence-corrected chi connectivity index (χ2v) is 7.47. The average Bonchev–Trinajstić information content (AvgIpc) is 3.13. The van der Waals surface area contributed by atoms with Crippen LogP contribution in [0.5, 0.6) is 0 Å². The molecule has 0 aromatic carbocycles. The van der Waals surface area contributed by atoms with Crippen molar-refractivity contribution in [2.24, 2.45) is 0 Å². The fourth-order valence-electron chi connectivity index (χ4n) is 2.71. The molecule has 0 saturated carbocycles. The number of carbonyl (C=O) groups excluding carboxylic acids is 1. The second kappa shape index (κ2) is 7.58. The average molecular weight is 426 g/mol. The lowest BCUT2D eigenvalue weighted by Crippen LogP contribution is -2.35. The highest BCUT2D eigenvalue weighted by molar-refractivity contribution is 9.10. The minimum atomic E-state index is -0.288.